The Kier molecular flexibility index (Phi) is 13.1. The Morgan fingerprint density at radius 1 is 0.889 bits per heavy atom. The Labute approximate surface area is 191 Å². The number of allylic oxidation sites excluding steroid dienone is 2. The molecule has 0 aromatic rings. The van der Waals surface area contributed by atoms with Crippen LogP contribution in [0.1, 0.15) is 52.4 Å². The van der Waals surface area contributed by atoms with Crippen LogP contribution in [0.4, 0.5) is 20.5 Å². The Hall–Kier alpha value is 2.88. The monoisotopic (exact) mass is 340 g/mol. The minimum atomic E-state index is -9.86. The molecule has 0 fully saturated rings. The molecule has 8 heteroatoms. The van der Waals surface area contributed by atoms with E-state index in [0.717, 1.165) is 0 Å². The smallest absolute Gasteiger partial charge is 1.00 e. The first-order chi connectivity index (χ1) is 7.01. The van der Waals surface area contributed by atoms with Crippen molar-refractivity contribution in [2.45, 2.75) is 52.4 Å². The zero-order valence-corrected chi connectivity index (χ0v) is 19.0. The van der Waals surface area contributed by atoms with Gasteiger partial charge in [0.05, 0.1) is 0 Å². The Morgan fingerprint density at radius 3 is 1.67 bits per heavy atom. The number of halogens is 5. The molecular formula is C10H19F5K2Si. The van der Waals surface area contributed by atoms with Gasteiger partial charge in [0.2, 0.25) is 0 Å². The molecule has 18 heavy (non-hydrogen) atoms. The molecule has 0 N–H and O–H groups in total. The minimum Gasteiger partial charge on any atom is 1.00 e. The minimum absolute atomic E-state index is 0. The van der Waals surface area contributed by atoms with Gasteiger partial charge in [-0.15, -0.1) is 0 Å². The van der Waals surface area contributed by atoms with Crippen molar-refractivity contribution < 1.29 is 123 Å². The van der Waals surface area contributed by atoms with Gasteiger partial charge < -0.3 is 0 Å². The number of rotatable bonds is 7. The van der Waals surface area contributed by atoms with Crippen LogP contribution >= 0.6 is 0 Å². The van der Waals surface area contributed by atoms with E-state index in [0.29, 0.717) is 25.3 Å². The van der Waals surface area contributed by atoms with Gasteiger partial charge in [-0.25, -0.2) is 0 Å². The van der Waals surface area contributed by atoms with Crippen molar-refractivity contribution in [2.75, 3.05) is 0 Å². The molecule has 0 spiro atoms. The van der Waals surface area contributed by atoms with Crippen molar-refractivity contribution >= 4 is 8.30 Å². The summed E-state index contributed by atoms with van der Waals surface area (Å²) >= 11 is 0. The quantitative estimate of drug-likeness (QED) is 0.254. The van der Waals surface area contributed by atoms with Crippen LogP contribution in [-0.4, -0.2) is 8.30 Å². The predicted octanol–water partition coefficient (Wildman–Crippen LogP) is -0.472. The van der Waals surface area contributed by atoms with Crippen molar-refractivity contribution in [3.05, 3.63) is 11.3 Å². The number of unbranched alkanes of at least 4 members (excludes halogenated alkanes) is 3. The van der Waals surface area contributed by atoms with Crippen LogP contribution in [0.2, 0.25) is 0 Å². The fraction of sp³-hybridized carbons (Fsp3) is 0.800. The van der Waals surface area contributed by atoms with Crippen LogP contribution in [0.3, 0.4) is 0 Å². The molecule has 0 rings (SSSR count). The third kappa shape index (κ3) is 12.6. The van der Waals surface area contributed by atoms with Crippen LogP contribution in [0.15, 0.2) is 11.3 Å². The van der Waals surface area contributed by atoms with Gasteiger partial charge >= 0.3 is 195 Å². The van der Waals surface area contributed by atoms with Crippen LogP contribution in [0.5, 0.6) is 0 Å². The molecule has 0 saturated heterocycles. The van der Waals surface area contributed by atoms with Crippen LogP contribution in [0.25, 0.3) is 0 Å². The summed E-state index contributed by atoms with van der Waals surface area (Å²) in [6.45, 7) is 3.49. The molecule has 0 aliphatic heterocycles. The standard InChI is InChI=1S/C10H19F5Si.2K/c1-3-5-7-9-10(8-6-4-2)16(11,12,13,14)15;;/h9H,3-8H2,1-2H3;;/q-2;2*+1/b10-9+;;. The van der Waals surface area contributed by atoms with Gasteiger partial charge in [0, 0.05) is 0 Å². The normalized spacial score (nSPS) is 16.1. The summed E-state index contributed by atoms with van der Waals surface area (Å²) in [6.07, 6.45) is 2.06. The van der Waals surface area contributed by atoms with E-state index >= 15 is 0 Å². The van der Waals surface area contributed by atoms with Gasteiger partial charge in [-0.05, 0) is 0 Å². The molecule has 0 unspecified atom stereocenters. The second kappa shape index (κ2) is 9.12. The van der Waals surface area contributed by atoms with E-state index < -0.39 is 19.9 Å². The molecule has 0 bridgehead atoms. The first-order valence-electron chi connectivity index (χ1n) is 5.66. The van der Waals surface area contributed by atoms with Gasteiger partial charge in [0.1, 0.15) is 0 Å². The van der Waals surface area contributed by atoms with Gasteiger partial charge in [0.25, 0.3) is 0 Å². The van der Waals surface area contributed by atoms with Crippen molar-refractivity contribution in [1.29, 1.82) is 0 Å². The predicted molar refractivity (Wildman–Crippen MR) is 58.4 cm³/mol. The maximum absolute atomic E-state index is 12.6. The largest absolute Gasteiger partial charge is 1.00 e. The first-order valence-corrected chi connectivity index (χ1v) is 8.05. The molecule has 0 nitrogen and oxygen atoms in total. The molecule has 100 valence electrons. The Morgan fingerprint density at radius 2 is 1.33 bits per heavy atom. The van der Waals surface area contributed by atoms with Crippen LogP contribution < -0.4 is 103 Å². The summed E-state index contributed by atoms with van der Waals surface area (Å²) in [7, 11) is -9.86. The third-order valence-electron chi connectivity index (χ3n) is 2.35. The van der Waals surface area contributed by atoms with E-state index in [1.165, 1.54) is 0 Å². The van der Waals surface area contributed by atoms with Gasteiger partial charge in [-0.2, -0.15) is 0 Å². The van der Waals surface area contributed by atoms with E-state index in [1.807, 2.05) is 6.92 Å². The Balaban J connectivity index is -0.00000112. The molecule has 0 aromatic carbocycles. The maximum Gasteiger partial charge on any atom is 1.00 e. The van der Waals surface area contributed by atoms with Crippen molar-refractivity contribution in [1.82, 2.24) is 0 Å². The molecule has 0 aromatic heterocycles. The first kappa shape index (κ1) is 25.8. The topological polar surface area (TPSA) is 0 Å². The maximum atomic E-state index is 12.6. The summed E-state index contributed by atoms with van der Waals surface area (Å²) in [6, 6.07) is 0. The molecule has 0 saturated carbocycles. The molecule has 0 heterocycles. The van der Waals surface area contributed by atoms with Gasteiger partial charge in [0.15, 0.2) is 0 Å². The summed E-state index contributed by atoms with van der Waals surface area (Å²) in [4.78, 5) is 0. The van der Waals surface area contributed by atoms with E-state index in [1.54, 1.807) is 6.92 Å². The van der Waals surface area contributed by atoms with E-state index in [9.17, 15) is 20.5 Å². The molecule has 0 amide bonds. The van der Waals surface area contributed by atoms with Crippen LogP contribution in [0, 0.1) is 0 Å². The molecular weight excluding hydrogens is 321 g/mol. The van der Waals surface area contributed by atoms with Gasteiger partial charge in [-0.3, -0.25) is 0 Å². The zero-order chi connectivity index (χ0) is 12.9. The summed E-state index contributed by atoms with van der Waals surface area (Å²) in [5.74, 6) is 0. The van der Waals surface area contributed by atoms with Crippen LogP contribution in [-0.2, 0) is 0 Å². The summed E-state index contributed by atoms with van der Waals surface area (Å²) in [5.41, 5.74) is 0. The second-order valence-corrected chi connectivity index (χ2v) is 7.18. The van der Waals surface area contributed by atoms with E-state index in [-0.39, 0.29) is 116 Å². The molecule has 0 atom stereocenters. The van der Waals surface area contributed by atoms with Gasteiger partial charge in [-0.1, -0.05) is 0 Å². The molecule has 0 aliphatic carbocycles. The number of hydrogen-bond acceptors (Lipinski definition) is 0. The third-order valence-corrected chi connectivity index (χ3v) is 4.02. The summed E-state index contributed by atoms with van der Waals surface area (Å²) < 4.78 is 63.0. The SMILES string of the molecule is CCCC/C=C(\CCCC)[Si-2](F)(F)(F)(F)F.[K+].[K+]. The molecule has 0 radical (unpaired) electrons. The van der Waals surface area contributed by atoms with E-state index in [4.69, 9.17) is 0 Å². The van der Waals surface area contributed by atoms with Crippen molar-refractivity contribution in [2.24, 2.45) is 0 Å². The van der Waals surface area contributed by atoms with Crippen molar-refractivity contribution in [3.63, 3.8) is 0 Å². The molecule has 0 aliphatic rings. The Bertz CT molecular complexity index is 259. The average Bonchev–Trinajstić information content (AvgIpc) is 2.06. The zero-order valence-electron chi connectivity index (χ0n) is 11.7. The average molecular weight is 341 g/mol. The fourth-order valence-electron chi connectivity index (χ4n) is 1.38. The van der Waals surface area contributed by atoms with E-state index in [2.05, 4.69) is 0 Å². The summed E-state index contributed by atoms with van der Waals surface area (Å²) in [5, 5.41) is -1.55. The second-order valence-electron chi connectivity index (χ2n) is 4.16. The number of hydrogen-bond donors (Lipinski definition) is 0. The van der Waals surface area contributed by atoms with Crippen molar-refractivity contribution in [3.8, 4) is 0 Å². The fourth-order valence-corrected chi connectivity index (χ4v) is 2.56.